The van der Waals surface area contributed by atoms with Crippen LogP contribution < -0.4 is 33.7 Å². The molecular weight excluding hydrogens is 398 g/mol. The van der Waals surface area contributed by atoms with Gasteiger partial charge in [-0.05, 0) is 69.2 Å². The SMILES string of the molecule is COc1ccc(-c2cc(=[NH+]C(C)C)c3c(C)cc(C)cc3o2)cc1.[O-][Cl+3]([O-])([O-])[O-]. The van der Waals surface area contributed by atoms with E-state index in [1.807, 2.05) is 24.3 Å². The first-order chi connectivity index (χ1) is 13.5. The zero-order valence-electron chi connectivity index (χ0n) is 16.9. The number of hydrogen-bond acceptors (Lipinski definition) is 6. The number of ether oxygens (including phenoxy) is 1. The molecule has 3 aromatic rings. The van der Waals surface area contributed by atoms with Crippen LogP contribution in [0.2, 0.25) is 0 Å². The third kappa shape index (κ3) is 6.85. The summed E-state index contributed by atoms with van der Waals surface area (Å²) in [6, 6.07) is 14.7. The van der Waals surface area contributed by atoms with Crippen molar-refractivity contribution in [3.8, 4) is 17.1 Å². The summed E-state index contributed by atoms with van der Waals surface area (Å²) in [4.78, 5) is 3.56. The molecule has 1 aromatic heterocycles. The van der Waals surface area contributed by atoms with E-state index in [2.05, 4.69) is 50.9 Å². The second-order valence-corrected chi connectivity index (χ2v) is 7.64. The van der Waals surface area contributed by atoms with Gasteiger partial charge in [-0.3, -0.25) is 0 Å². The molecule has 156 valence electrons. The predicted molar refractivity (Wildman–Crippen MR) is 96.9 cm³/mol. The molecule has 2 aromatic carbocycles. The van der Waals surface area contributed by atoms with Gasteiger partial charge in [0.25, 0.3) is 0 Å². The lowest BCUT2D eigenvalue weighted by Gasteiger charge is -2.17. The van der Waals surface area contributed by atoms with Crippen molar-refractivity contribution >= 4 is 11.0 Å². The lowest BCUT2D eigenvalue weighted by Crippen LogP contribution is -2.81. The van der Waals surface area contributed by atoms with Crippen molar-refractivity contribution in [2.24, 2.45) is 0 Å². The Balaban J connectivity index is 0.000000537. The summed E-state index contributed by atoms with van der Waals surface area (Å²) in [5, 5.41) is 2.25. The van der Waals surface area contributed by atoms with Gasteiger partial charge in [0.05, 0.1) is 18.6 Å². The maximum atomic E-state index is 8.49. The summed E-state index contributed by atoms with van der Waals surface area (Å²) in [7, 11) is -3.27. The zero-order valence-corrected chi connectivity index (χ0v) is 17.7. The molecule has 0 fully saturated rings. The molecule has 1 heterocycles. The van der Waals surface area contributed by atoms with E-state index in [4.69, 9.17) is 27.8 Å². The summed E-state index contributed by atoms with van der Waals surface area (Å²) in [6.45, 7) is 8.51. The van der Waals surface area contributed by atoms with Crippen LogP contribution in [0.25, 0.3) is 22.3 Å². The second-order valence-electron chi connectivity index (χ2n) is 6.88. The molecule has 0 radical (unpaired) electrons. The number of aryl methyl sites for hydroxylation is 2. The van der Waals surface area contributed by atoms with Crippen molar-refractivity contribution in [1.29, 1.82) is 0 Å². The summed E-state index contributed by atoms with van der Waals surface area (Å²) in [6.07, 6.45) is 0. The Kier molecular flexibility index (Phi) is 7.40. The molecule has 29 heavy (non-hydrogen) atoms. The number of nitrogens with one attached hydrogen (secondary N) is 1. The van der Waals surface area contributed by atoms with E-state index in [1.165, 1.54) is 11.1 Å². The van der Waals surface area contributed by atoms with Crippen molar-refractivity contribution in [2.45, 2.75) is 33.7 Å². The van der Waals surface area contributed by atoms with E-state index in [0.717, 1.165) is 33.4 Å². The molecule has 0 bridgehead atoms. The summed E-state index contributed by atoms with van der Waals surface area (Å²) < 4.78 is 45.4. The average molecular weight is 422 g/mol. The monoisotopic (exact) mass is 421 g/mol. The molecule has 1 N–H and O–H groups in total. The van der Waals surface area contributed by atoms with Crippen LogP contribution in [-0.2, 0) is 0 Å². The number of hydrogen-bond donors (Lipinski definition) is 1. The Morgan fingerprint density at radius 1 is 0.966 bits per heavy atom. The van der Waals surface area contributed by atoms with E-state index in [1.54, 1.807) is 7.11 Å². The Morgan fingerprint density at radius 2 is 1.55 bits per heavy atom. The van der Waals surface area contributed by atoms with Crippen molar-refractivity contribution in [2.75, 3.05) is 7.11 Å². The van der Waals surface area contributed by atoms with Crippen molar-refractivity contribution in [3.63, 3.8) is 0 Å². The highest BCUT2D eigenvalue weighted by atomic mass is 35.7. The van der Waals surface area contributed by atoms with Gasteiger partial charge >= 0.3 is 0 Å². The molecule has 0 saturated heterocycles. The Bertz CT molecular complexity index is 1030. The molecule has 0 amide bonds. The molecule has 0 aliphatic rings. The molecule has 0 saturated carbocycles. The minimum absolute atomic E-state index is 0.347. The maximum Gasteiger partial charge on any atom is 0.213 e. The smallest absolute Gasteiger partial charge is 0.213 e. The molecule has 0 atom stereocenters. The van der Waals surface area contributed by atoms with Crippen LogP contribution in [-0.4, -0.2) is 13.2 Å². The molecule has 0 aliphatic heterocycles. The highest BCUT2D eigenvalue weighted by molar-refractivity contribution is 5.82. The number of benzene rings is 2. The normalized spacial score (nSPS) is 12.1. The molecule has 7 nitrogen and oxygen atoms in total. The molecule has 3 rings (SSSR count). The molecule has 0 aliphatic carbocycles. The van der Waals surface area contributed by atoms with E-state index in [0.29, 0.717) is 6.04 Å². The first-order valence-electron chi connectivity index (χ1n) is 8.88. The zero-order chi connectivity index (χ0) is 21.8. The van der Waals surface area contributed by atoms with Crippen molar-refractivity contribution < 1.29 is 43.0 Å². The fraction of sp³-hybridized carbons (Fsp3) is 0.286. The van der Waals surface area contributed by atoms with Gasteiger partial charge in [0.1, 0.15) is 23.1 Å². The molecule has 0 spiro atoms. The lowest BCUT2D eigenvalue weighted by atomic mass is 10.0. The summed E-state index contributed by atoms with van der Waals surface area (Å²) in [5.41, 5.74) is 4.36. The van der Waals surface area contributed by atoms with Gasteiger partial charge in [-0.2, -0.15) is 0 Å². The van der Waals surface area contributed by atoms with E-state index in [9.17, 15) is 0 Å². The Hall–Kier alpha value is -2.42. The topological polar surface area (TPSA) is 129 Å². The first kappa shape index (κ1) is 22.9. The van der Waals surface area contributed by atoms with Crippen LogP contribution in [0, 0.1) is 24.1 Å². The Morgan fingerprint density at radius 3 is 2.07 bits per heavy atom. The number of rotatable bonds is 3. The second kappa shape index (κ2) is 9.39. The lowest BCUT2D eigenvalue weighted by molar-refractivity contribution is -2.00. The first-order valence-corrected chi connectivity index (χ1v) is 10.1. The van der Waals surface area contributed by atoms with Crippen molar-refractivity contribution in [1.82, 2.24) is 0 Å². The van der Waals surface area contributed by atoms with Crippen LogP contribution in [0.5, 0.6) is 5.75 Å². The third-order valence-corrected chi connectivity index (χ3v) is 4.03. The average Bonchev–Trinajstić information content (AvgIpc) is 2.59. The highest BCUT2D eigenvalue weighted by Gasteiger charge is 2.12. The Labute approximate surface area is 171 Å². The van der Waals surface area contributed by atoms with Gasteiger partial charge in [0, 0.05) is 5.56 Å². The van der Waals surface area contributed by atoms with Gasteiger partial charge in [0.2, 0.25) is 5.36 Å². The van der Waals surface area contributed by atoms with Crippen molar-refractivity contribution in [3.05, 3.63) is 58.9 Å². The molecular formula is C21H24ClNO6. The van der Waals surface area contributed by atoms with Gasteiger partial charge in [-0.25, -0.2) is 23.6 Å². The molecule has 8 heteroatoms. The van der Waals surface area contributed by atoms with E-state index < -0.39 is 10.2 Å². The minimum Gasteiger partial charge on any atom is -0.497 e. The van der Waals surface area contributed by atoms with Gasteiger partial charge in [-0.1, -0.05) is 6.07 Å². The van der Waals surface area contributed by atoms with Gasteiger partial charge in [0.15, 0.2) is 0 Å². The third-order valence-electron chi connectivity index (χ3n) is 4.03. The van der Waals surface area contributed by atoms with Gasteiger partial charge in [-0.15, -0.1) is 10.2 Å². The van der Waals surface area contributed by atoms with Crippen LogP contribution in [0.1, 0.15) is 25.0 Å². The standard InChI is InChI=1S/C21H23NO2.ClHO4/c1-13(2)22-18-12-19(16-6-8-17(23-5)9-7-16)24-20-11-14(3)10-15(4)21(18)20;2-1(3,4)5/h6-13H,1-5H3;(H,2,3,4,5). The van der Waals surface area contributed by atoms with Crippen LogP contribution in [0.4, 0.5) is 0 Å². The molecule has 0 unspecified atom stereocenters. The quantitative estimate of drug-likeness (QED) is 0.540. The fourth-order valence-corrected chi connectivity index (χ4v) is 3.03. The van der Waals surface area contributed by atoms with Crippen LogP contribution >= 0.6 is 0 Å². The number of fused-ring (bicyclic) bond motifs is 1. The predicted octanol–water partition coefficient (Wildman–Crippen LogP) is -1.64. The summed E-state index contributed by atoms with van der Waals surface area (Å²) >= 11 is 0. The summed E-state index contributed by atoms with van der Waals surface area (Å²) in [5.74, 6) is 1.69. The fourth-order valence-electron chi connectivity index (χ4n) is 3.03. The maximum absolute atomic E-state index is 8.49. The largest absolute Gasteiger partial charge is 0.497 e. The minimum atomic E-state index is -4.94. The van der Waals surface area contributed by atoms with Crippen LogP contribution in [0.3, 0.4) is 0 Å². The van der Waals surface area contributed by atoms with Crippen LogP contribution in [0.15, 0.2) is 46.9 Å². The van der Waals surface area contributed by atoms with E-state index in [-0.39, 0.29) is 0 Å². The highest BCUT2D eigenvalue weighted by Crippen LogP contribution is 2.25. The number of halogens is 1. The van der Waals surface area contributed by atoms with E-state index >= 15 is 0 Å². The van der Waals surface area contributed by atoms with Gasteiger partial charge < -0.3 is 9.15 Å². The number of methoxy groups -OCH3 is 1.